The first-order valence-electron chi connectivity index (χ1n) is 6.78. The predicted molar refractivity (Wildman–Crippen MR) is 73.2 cm³/mol. The molecule has 1 fully saturated rings. The molecule has 1 aliphatic rings. The molecular weight excluding hydrogens is 282 g/mol. The summed E-state index contributed by atoms with van der Waals surface area (Å²) >= 11 is 0. The summed E-state index contributed by atoms with van der Waals surface area (Å²) in [6.45, 7) is 2.12. The monoisotopic (exact) mass is 300 g/mol. The molecule has 1 atom stereocenters. The molecule has 7 heteroatoms. The molecular formula is C14H18F2N2O3. The molecule has 116 valence electrons. The number of anilines is 1. The predicted octanol–water partition coefficient (Wildman–Crippen LogP) is 1.67. The maximum Gasteiger partial charge on any atom is 0.303 e. The number of ether oxygens (including phenoxy) is 1. The molecule has 1 aromatic carbocycles. The van der Waals surface area contributed by atoms with Gasteiger partial charge < -0.3 is 20.5 Å². The Morgan fingerprint density at radius 3 is 2.57 bits per heavy atom. The van der Waals surface area contributed by atoms with Crippen LogP contribution in [0.5, 0.6) is 0 Å². The number of carboxylic acids is 1. The van der Waals surface area contributed by atoms with Crippen LogP contribution in [0.3, 0.4) is 0 Å². The molecule has 1 saturated heterocycles. The molecule has 1 aliphatic heterocycles. The van der Waals surface area contributed by atoms with E-state index >= 15 is 0 Å². The van der Waals surface area contributed by atoms with E-state index in [0.717, 1.165) is 12.1 Å². The van der Waals surface area contributed by atoms with Gasteiger partial charge in [0.15, 0.2) is 11.6 Å². The van der Waals surface area contributed by atoms with Gasteiger partial charge in [-0.15, -0.1) is 0 Å². The minimum absolute atomic E-state index is 0.122. The van der Waals surface area contributed by atoms with E-state index in [9.17, 15) is 13.6 Å². The van der Waals surface area contributed by atoms with Gasteiger partial charge in [-0.25, -0.2) is 8.78 Å². The van der Waals surface area contributed by atoms with Gasteiger partial charge in [-0.1, -0.05) is 0 Å². The van der Waals surface area contributed by atoms with Crippen LogP contribution >= 0.6 is 0 Å². The first kappa shape index (κ1) is 15.7. The Morgan fingerprint density at radius 1 is 1.33 bits per heavy atom. The fourth-order valence-corrected chi connectivity index (χ4v) is 2.36. The third kappa shape index (κ3) is 3.89. The Labute approximate surface area is 121 Å². The Morgan fingerprint density at radius 2 is 1.95 bits per heavy atom. The second kappa shape index (κ2) is 6.82. The molecule has 3 N–H and O–H groups in total. The largest absolute Gasteiger partial charge is 0.481 e. The molecule has 0 aliphatic carbocycles. The second-order valence-corrected chi connectivity index (χ2v) is 4.96. The van der Waals surface area contributed by atoms with Gasteiger partial charge in [0.25, 0.3) is 0 Å². The molecule has 21 heavy (non-hydrogen) atoms. The Hall–Kier alpha value is -1.73. The first-order chi connectivity index (χ1) is 9.99. The van der Waals surface area contributed by atoms with Crippen molar-refractivity contribution in [3.8, 4) is 0 Å². The van der Waals surface area contributed by atoms with Gasteiger partial charge >= 0.3 is 5.97 Å². The highest BCUT2D eigenvalue weighted by atomic mass is 19.2. The highest BCUT2D eigenvalue weighted by molar-refractivity contribution is 5.67. The van der Waals surface area contributed by atoms with E-state index in [0.29, 0.717) is 37.6 Å². The highest BCUT2D eigenvalue weighted by Crippen LogP contribution is 2.30. The van der Waals surface area contributed by atoms with Crippen LogP contribution in [-0.2, 0) is 9.53 Å². The van der Waals surface area contributed by atoms with Crippen molar-refractivity contribution >= 4 is 11.7 Å². The number of carboxylic acid groups (broad SMARTS) is 1. The van der Waals surface area contributed by atoms with Crippen LogP contribution in [0.15, 0.2) is 12.1 Å². The van der Waals surface area contributed by atoms with Crippen LogP contribution in [0, 0.1) is 11.6 Å². The Bertz CT molecular complexity index is 519. The number of rotatable bonds is 5. The van der Waals surface area contributed by atoms with E-state index in [-0.39, 0.29) is 12.8 Å². The van der Waals surface area contributed by atoms with Crippen molar-refractivity contribution < 1.29 is 23.4 Å². The number of morpholine rings is 1. The smallest absolute Gasteiger partial charge is 0.303 e. The maximum atomic E-state index is 13.5. The molecule has 0 amide bonds. The van der Waals surface area contributed by atoms with E-state index in [1.807, 2.05) is 4.90 Å². The molecule has 0 aromatic heterocycles. The van der Waals surface area contributed by atoms with Crippen molar-refractivity contribution in [2.24, 2.45) is 5.73 Å². The number of benzene rings is 1. The summed E-state index contributed by atoms with van der Waals surface area (Å²) < 4.78 is 32.3. The van der Waals surface area contributed by atoms with Crippen LogP contribution in [0.1, 0.15) is 24.4 Å². The van der Waals surface area contributed by atoms with Crippen molar-refractivity contribution in [3.05, 3.63) is 29.3 Å². The van der Waals surface area contributed by atoms with E-state index in [1.165, 1.54) is 0 Å². The van der Waals surface area contributed by atoms with Crippen molar-refractivity contribution in [2.75, 3.05) is 31.2 Å². The average molecular weight is 300 g/mol. The summed E-state index contributed by atoms with van der Waals surface area (Å²) in [5, 5.41) is 8.71. The molecule has 2 rings (SSSR count). The quantitative estimate of drug-likeness (QED) is 0.865. The van der Waals surface area contributed by atoms with Crippen LogP contribution in [0.2, 0.25) is 0 Å². The SMILES string of the molecule is NC(CCC(=O)O)c1cc(F)c(F)cc1N1CCOCC1. The molecule has 0 bridgehead atoms. The summed E-state index contributed by atoms with van der Waals surface area (Å²) in [5.74, 6) is -2.89. The van der Waals surface area contributed by atoms with Crippen molar-refractivity contribution in [1.29, 1.82) is 0 Å². The first-order valence-corrected chi connectivity index (χ1v) is 6.78. The van der Waals surface area contributed by atoms with Gasteiger partial charge in [0.05, 0.1) is 13.2 Å². The van der Waals surface area contributed by atoms with E-state index < -0.39 is 23.6 Å². The zero-order valence-corrected chi connectivity index (χ0v) is 11.5. The maximum absolute atomic E-state index is 13.5. The lowest BCUT2D eigenvalue weighted by molar-refractivity contribution is -0.137. The summed E-state index contributed by atoms with van der Waals surface area (Å²) in [6.07, 6.45) is 0.0421. The highest BCUT2D eigenvalue weighted by Gasteiger charge is 2.21. The molecule has 1 aromatic rings. The zero-order chi connectivity index (χ0) is 15.4. The summed E-state index contributed by atoms with van der Waals surface area (Å²) in [5.41, 5.74) is 6.90. The van der Waals surface area contributed by atoms with Gasteiger partial charge in [-0.3, -0.25) is 4.79 Å². The molecule has 0 spiro atoms. The third-order valence-electron chi connectivity index (χ3n) is 3.49. The number of aliphatic carboxylic acids is 1. The van der Waals surface area contributed by atoms with Gasteiger partial charge in [0.2, 0.25) is 0 Å². The number of nitrogens with zero attached hydrogens (tertiary/aromatic N) is 1. The summed E-state index contributed by atoms with van der Waals surface area (Å²) in [4.78, 5) is 12.5. The van der Waals surface area contributed by atoms with Gasteiger partial charge in [0, 0.05) is 37.3 Å². The third-order valence-corrected chi connectivity index (χ3v) is 3.49. The summed E-state index contributed by atoms with van der Waals surface area (Å²) in [7, 11) is 0. The number of hydrogen-bond acceptors (Lipinski definition) is 4. The second-order valence-electron chi connectivity index (χ2n) is 4.96. The number of nitrogens with two attached hydrogens (primary N) is 1. The number of hydrogen-bond donors (Lipinski definition) is 2. The van der Waals surface area contributed by atoms with E-state index in [4.69, 9.17) is 15.6 Å². The number of halogens is 2. The lowest BCUT2D eigenvalue weighted by Gasteiger charge is -2.32. The Balaban J connectivity index is 2.28. The molecule has 1 heterocycles. The molecule has 0 radical (unpaired) electrons. The van der Waals surface area contributed by atoms with Crippen molar-refractivity contribution in [2.45, 2.75) is 18.9 Å². The van der Waals surface area contributed by atoms with Crippen LogP contribution < -0.4 is 10.6 Å². The van der Waals surface area contributed by atoms with Crippen LogP contribution in [0.25, 0.3) is 0 Å². The van der Waals surface area contributed by atoms with Crippen molar-refractivity contribution in [3.63, 3.8) is 0 Å². The van der Waals surface area contributed by atoms with Crippen molar-refractivity contribution in [1.82, 2.24) is 0 Å². The average Bonchev–Trinajstić information content (AvgIpc) is 2.48. The fraction of sp³-hybridized carbons (Fsp3) is 0.500. The minimum Gasteiger partial charge on any atom is -0.481 e. The van der Waals surface area contributed by atoms with E-state index in [2.05, 4.69) is 0 Å². The lowest BCUT2D eigenvalue weighted by atomic mass is 9.99. The van der Waals surface area contributed by atoms with Crippen LogP contribution in [-0.4, -0.2) is 37.4 Å². The van der Waals surface area contributed by atoms with E-state index in [1.54, 1.807) is 0 Å². The number of carbonyl (C=O) groups is 1. The molecule has 5 nitrogen and oxygen atoms in total. The molecule has 1 unspecified atom stereocenters. The lowest BCUT2D eigenvalue weighted by Crippen LogP contribution is -2.37. The van der Waals surface area contributed by atoms with Gasteiger partial charge in [-0.2, -0.15) is 0 Å². The zero-order valence-electron chi connectivity index (χ0n) is 11.5. The standard InChI is InChI=1S/C14H18F2N2O3/c15-10-7-9(12(17)1-2-14(19)20)13(8-11(10)16)18-3-5-21-6-4-18/h7-8,12H,1-6,17H2,(H,19,20). The fourth-order valence-electron chi connectivity index (χ4n) is 2.36. The van der Waals surface area contributed by atoms with Crippen LogP contribution in [0.4, 0.5) is 14.5 Å². The minimum atomic E-state index is -0.979. The van der Waals surface area contributed by atoms with Gasteiger partial charge in [-0.05, 0) is 18.1 Å². The van der Waals surface area contributed by atoms with Gasteiger partial charge in [0.1, 0.15) is 0 Å². The molecule has 0 saturated carbocycles. The normalized spacial score (nSPS) is 16.8. The Kier molecular flexibility index (Phi) is 5.08. The topological polar surface area (TPSA) is 75.8 Å². The summed E-state index contributed by atoms with van der Waals surface area (Å²) in [6, 6.07) is 1.53.